The lowest BCUT2D eigenvalue weighted by Gasteiger charge is -2.19. The van der Waals surface area contributed by atoms with E-state index in [-0.39, 0.29) is 0 Å². The maximum atomic E-state index is 8.55. The molecule has 16 heavy (non-hydrogen) atoms. The van der Waals surface area contributed by atoms with Gasteiger partial charge in [0.2, 0.25) is 0 Å². The maximum Gasteiger partial charge on any atom is 0.0635 e. The molecule has 2 nitrogen and oxygen atoms in total. The second-order valence-electron chi connectivity index (χ2n) is 3.51. The first-order valence-corrected chi connectivity index (χ1v) is 5.96. The predicted octanol–water partition coefficient (Wildman–Crippen LogP) is 3.73. The Balaban J connectivity index is 2.67. The van der Waals surface area contributed by atoms with Gasteiger partial charge in [-0.2, -0.15) is 5.26 Å². The molecule has 0 spiro atoms. The average molecular weight is 257 g/mol. The number of hydrogen-bond donors (Lipinski definition) is 0. The van der Waals surface area contributed by atoms with E-state index >= 15 is 0 Å². The van der Waals surface area contributed by atoms with Crippen LogP contribution in [0.15, 0.2) is 18.2 Å². The van der Waals surface area contributed by atoms with Gasteiger partial charge in [0.25, 0.3) is 0 Å². The first-order valence-electron chi connectivity index (χ1n) is 5.20. The van der Waals surface area contributed by atoms with Crippen LogP contribution in [0.1, 0.15) is 18.9 Å². The minimum absolute atomic E-state index is 0.541. The van der Waals surface area contributed by atoms with E-state index in [9.17, 15) is 0 Å². The van der Waals surface area contributed by atoms with Crippen LogP contribution in [-0.4, -0.2) is 18.0 Å². The zero-order chi connectivity index (χ0) is 12.0. The van der Waals surface area contributed by atoms with E-state index in [1.165, 1.54) is 0 Å². The van der Waals surface area contributed by atoms with Gasteiger partial charge < -0.3 is 0 Å². The van der Waals surface area contributed by atoms with E-state index in [1.54, 1.807) is 6.07 Å². The van der Waals surface area contributed by atoms with Crippen LogP contribution < -0.4 is 0 Å². The summed E-state index contributed by atoms with van der Waals surface area (Å²) in [7, 11) is 0. The molecule has 0 N–H and O–H groups in total. The van der Waals surface area contributed by atoms with E-state index in [2.05, 4.69) is 17.9 Å². The molecule has 0 heterocycles. The summed E-state index contributed by atoms with van der Waals surface area (Å²) < 4.78 is 0. The molecule has 1 rings (SSSR count). The molecule has 0 aliphatic rings. The number of benzene rings is 1. The van der Waals surface area contributed by atoms with Crippen LogP contribution in [0.4, 0.5) is 0 Å². The monoisotopic (exact) mass is 256 g/mol. The number of nitriles is 1. The number of nitrogens with zero attached hydrogens (tertiary/aromatic N) is 2. The highest BCUT2D eigenvalue weighted by atomic mass is 35.5. The summed E-state index contributed by atoms with van der Waals surface area (Å²) in [5, 5.41) is 9.88. The molecular formula is C12H14Cl2N2. The summed E-state index contributed by atoms with van der Waals surface area (Å²) in [5.41, 5.74) is 1.05. The van der Waals surface area contributed by atoms with Gasteiger partial charge in [-0.15, -0.1) is 0 Å². The van der Waals surface area contributed by atoms with E-state index in [0.717, 1.165) is 25.2 Å². The highest BCUT2D eigenvalue weighted by molar-refractivity contribution is 6.35. The van der Waals surface area contributed by atoms with E-state index in [0.29, 0.717) is 16.5 Å². The molecule has 0 saturated carbocycles. The Kier molecular flexibility index (Phi) is 5.62. The molecule has 0 aliphatic heterocycles. The van der Waals surface area contributed by atoms with Crippen molar-refractivity contribution >= 4 is 23.2 Å². The van der Waals surface area contributed by atoms with Crippen LogP contribution in [0.25, 0.3) is 0 Å². The number of hydrogen-bond acceptors (Lipinski definition) is 2. The summed E-state index contributed by atoms with van der Waals surface area (Å²) in [4.78, 5) is 2.18. The molecule has 1 aromatic rings. The first-order chi connectivity index (χ1) is 7.67. The molecule has 0 saturated heterocycles. The van der Waals surface area contributed by atoms with Crippen molar-refractivity contribution in [2.24, 2.45) is 0 Å². The van der Waals surface area contributed by atoms with E-state index in [1.807, 2.05) is 12.1 Å². The van der Waals surface area contributed by atoms with Gasteiger partial charge in [0, 0.05) is 29.6 Å². The van der Waals surface area contributed by atoms with Gasteiger partial charge in [0.15, 0.2) is 0 Å². The summed E-state index contributed by atoms with van der Waals surface area (Å²) >= 11 is 11.9. The van der Waals surface area contributed by atoms with Crippen molar-refractivity contribution in [1.29, 1.82) is 5.26 Å². The number of rotatable bonds is 5. The van der Waals surface area contributed by atoms with Gasteiger partial charge in [0.1, 0.15) is 0 Å². The SMILES string of the molecule is CCN(CCC#N)Cc1ccc(Cl)cc1Cl. The predicted molar refractivity (Wildman–Crippen MR) is 67.6 cm³/mol. The molecule has 4 heteroatoms. The Labute approximate surface area is 106 Å². The first kappa shape index (κ1) is 13.3. The van der Waals surface area contributed by atoms with Crippen molar-refractivity contribution < 1.29 is 0 Å². The molecule has 0 bridgehead atoms. The molecule has 0 aliphatic carbocycles. The van der Waals surface area contributed by atoms with Crippen LogP contribution in [-0.2, 0) is 6.54 Å². The summed E-state index contributed by atoms with van der Waals surface area (Å²) in [6.07, 6.45) is 0.541. The molecule has 0 fully saturated rings. The highest BCUT2D eigenvalue weighted by Gasteiger charge is 2.06. The van der Waals surface area contributed by atoms with Crippen molar-refractivity contribution in [2.75, 3.05) is 13.1 Å². The van der Waals surface area contributed by atoms with Gasteiger partial charge in [-0.3, -0.25) is 4.90 Å². The lowest BCUT2D eigenvalue weighted by molar-refractivity contribution is 0.287. The Hall–Kier alpha value is -0.750. The summed E-state index contributed by atoms with van der Waals surface area (Å²) in [6, 6.07) is 7.66. The van der Waals surface area contributed by atoms with Crippen LogP contribution in [0, 0.1) is 11.3 Å². The van der Waals surface area contributed by atoms with Crippen molar-refractivity contribution in [3.8, 4) is 6.07 Å². The fourth-order valence-electron chi connectivity index (χ4n) is 1.45. The lowest BCUT2D eigenvalue weighted by atomic mass is 10.2. The van der Waals surface area contributed by atoms with Crippen molar-refractivity contribution in [2.45, 2.75) is 19.9 Å². The smallest absolute Gasteiger partial charge is 0.0635 e. The average Bonchev–Trinajstić information content (AvgIpc) is 2.27. The second kappa shape index (κ2) is 6.75. The molecule has 86 valence electrons. The van der Waals surface area contributed by atoms with Crippen LogP contribution in [0.3, 0.4) is 0 Å². The largest absolute Gasteiger partial charge is 0.298 e. The van der Waals surface area contributed by atoms with Gasteiger partial charge in [-0.1, -0.05) is 36.2 Å². The lowest BCUT2D eigenvalue weighted by Crippen LogP contribution is -2.23. The molecule has 1 aromatic carbocycles. The minimum Gasteiger partial charge on any atom is -0.298 e. The topological polar surface area (TPSA) is 27.0 Å². The van der Waals surface area contributed by atoms with Gasteiger partial charge >= 0.3 is 0 Å². The van der Waals surface area contributed by atoms with Crippen molar-refractivity contribution in [3.05, 3.63) is 33.8 Å². The zero-order valence-electron chi connectivity index (χ0n) is 9.21. The fraction of sp³-hybridized carbons (Fsp3) is 0.417. The summed E-state index contributed by atoms with van der Waals surface area (Å²) in [5.74, 6) is 0. The third kappa shape index (κ3) is 4.02. The van der Waals surface area contributed by atoms with Gasteiger partial charge in [-0.25, -0.2) is 0 Å². The second-order valence-corrected chi connectivity index (χ2v) is 4.36. The third-order valence-electron chi connectivity index (χ3n) is 2.40. The molecule has 0 unspecified atom stereocenters. The zero-order valence-corrected chi connectivity index (χ0v) is 10.7. The fourth-order valence-corrected chi connectivity index (χ4v) is 1.92. The van der Waals surface area contributed by atoms with Crippen LogP contribution >= 0.6 is 23.2 Å². The van der Waals surface area contributed by atoms with E-state index in [4.69, 9.17) is 28.5 Å². The Morgan fingerprint density at radius 2 is 2.12 bits per heavy atom. The van der Waals surface area contributed by atoms with Crippen LogP contribution in [0.2, 0.25) is 10.0 Å². The normalized spacial score (nSPS) is 10.4. The van der Waals surface area contributed by atoms with Crippen molar-refractivity contribution in [3.63, 3.8) is 0 Å². The quantitative estimate of drug-likeness (QED) is 0.803. The Morgan fingerprint density at radius 3 is 2.69 bits per heavy atom. The molecule has 0 atom stereocenters. The maximum absolute atomic E-state index is 8.55. The molecular weight excluding hydrogens is 243 g/mol. The molecule has 0 amide bonds. The standard InChI is InChI=1S/C12H14Cl2N2/c1-2-16(7-3-6-15)9-10-4-5-11(13)8-12(10)14/h4-5,8H,2-3,7,9H2,1H3. The summed E-state index contributed by atoms with van der Waals surface area (Å²) in [6.45, 7) is 4.50. The third-order valence-corrected chi connectivity index (χ3v) is 2.98. The van der Waals surface area contributed by atoms with Gasteiger partial charge in [-0.05, 0) is 24.2 Å². The van der Waals surface area contributed by atoms with Gasteiger partial charge in [0.05, 0.1) is 6.07 Å². The van der Waals surface area contributed by atoms with Crippen molar-refractivity contribution in [1.82, 2.24) is 4.90 Å². The molecule has 0 radical (unpaired) electrons. The number of halogens is 2. The highest BCUT2D eigenvalue weighted by Crippen LogP contribution is 2.22. The minimum atomic E-state index is 0.541. The molecule has 0 aromatic heterocycles. The Morgan fingerprint density at radius 1 is 1.38 bits per heavy atom. The Bertz CT molecular complexity index is 385. The van der Waals surface area contributed by atoms with E-state index < -0.39 is 0 Å². The van der Waals surface area contributed by atoms with Crippen LogP contribution in [0.5, 0.6) is 0 Å².